The van der Waals surface area contributed by atoms with Crippen LogP contribution in [0.3, 0.4) is 0 Å². The largest absolute Gasteiger partial charge is 0.416 e. The zero-order valence-corrected chi connectivity index (χ0v) is 17.2. The molecule has 1 saturated heterocycles. The van der Waals surface area contributed by atoms with Crippen molar-refractivity contribution in [1.82, 2.24) is 14.5 Å². The Labute approximate surface area is 178 Å². The van der Waals surface area contributed by atoms with E-state index < -0.39 is 27.8 Å². The topological polar surface area (TPSA) is 69.7 Å². The van der Waals surface area contributed by atoms with E-state index in [1.807, 2.05) is 0 Å². The number of halogens is 3. The Morgan fingerprint density at radius 1 is 1.00 bits per heavy atom. The van der Waals surface area contributed by atoms with Crippen LogP contribution in [-0.4, -0.2) is 56.4 Å². The summed E-state index contributed by atoms with van der Waals surface area (Å²) in [5.74, 6) is 5.21. The third-order valence-corrected chi connectivity index (χ3v) is 6.57. The van der Waals surface area contributed by atoms with Gasteiger partial charge in [0.2, 0.25) is 10.0 Å². The summed E-state index contributed by atoms with van der Waals surface area (Å²) in [7, 11) is -3.60. The average molecular weight is 451 g/mol. The minimum Gasteiger partial charge on any atom is -0.327 e. The van der Waals surface area contributed by atoms with Crippen LogP contribution in [0.1, 0.15) is 11.1 Å². The molecule has 0 atom stereocenters. The summed E-state index contributed by atoms with van der Waals surface area (Å²) in [5.41, 5.74) is -0.588. The Kier molecular flexibility index (Phi) is 6.87. The molecule has 1 N–H and O–H groups in total. The molecule has 0 bridgehead atoms. The van der Waals surface area contributed by atoms with Crippen molar-refractivity contribution in [2.24, 2.45) is 0 Å². The van der Waals surface area contributed by atoms with Crippen molar-refractivity contribution in [3.8, 4) is 11.8 Å². The van der Waals surface area contributed by atoms with Crippen molar-refractivity contribution in [2.45, 2.75) is 11.1 Å². The first-order valence-electron chi connectivity index (χ1n) is 9.42. The Morgan fingerprint density at radius 3 is 2.32 bits per heavy atom. The molecular formula is C21H20F3N3O3S. The maximum Gasteiger partial charge on any atom is 0.416 e. The highest BCUT2D eigenvalue weighted by molar-refractivity contribution is 7.89. The summed E-state index contributed by atoms with van der Waals surface area (Å²) < 4.78 is 64.7. The molecule has 10 heteroatoms. The van der Waals surface area contributed by atoms with Crippen molar-refractivity contribution in [3.63, 3.8) is 0 Å². The summed E-state index contributed by atoms with van der Waals surface area (Å²) >= 11 is 0. The molecule has 31 heavy (non-hydrogen) atoms. The molecule has 3 rings (SSSR count). The van der Waals surface area contributed by atoms with Crippen LogP contribution in [0.2, 0.25) is 0 Å². The van der Waals surface area contributed by atoms with Crippen molar-refractivity contribution >= 4 is 16.1 Å². The van der Waals surface area contributed by atoms with Gasteiger partial charge in [0.15, 0.2) is 0 Å². The fourth-order valence-corrected chi connectivity index (χ4v) is 4.47. The van der Waals surface area contributed by atoms with Gasteiger partial charge in [-0.3, -0.25) is 0 Å². The van der Waals surface area contributed by atoms with Gasteiger partial charge in [-0.2, -0.15) is 17.5 Å². The second-order valence-corrected chi connectivity index (χ2v) is 8.68. The van der Waals surface area contributed by atoms with Gasteiger partial charge in [0.05, 0.1) is 17.0 Å². The van der Waals surface area contributed by atoms with E-state index in [1.54, 1.807) is 18.2 Å². The standard InChI is InChI=1S/C21H20F3N3O3S/c22-21(23,24)18-8-4-6-17(16-18)7-5-11-25-20(28)26-12-14-27(15-13-26)31(29,30)19-9-2-1-3-10-19/h1-4,6,8-10,16H,11-15H2,(H,25,28). The van der Waals surface area contributed by atoms with Gasteiger partial charge in [-0.25, -0.2) is 13.2 Å². The predicted molar refractivity (Wildman–Crippen MR) is 108 cm³/mol. The van der Waals surface area contributed by atoms with Crippen LogP contribution in [0, 0.1) is 11.8 Å². The molecule has 6 nitrogen and oxygen atoms in total. The van der Waals surface area contributed by atoms with Crippen LogP contribution >= 0.6 is 0 Å². The van der Waals surface area contributed by atoms with Crippen LogP contribution in [0.25, 0.3) is 0 Å². The first-order valence-corrected chi connectivity index (χ1v) is 10.9. The maximum absolute atomic E-state index is 12.7. The van der Waals surface area contributed by atoms with Gasteiger partial charge in [0, 0.05) is 31.7 Å². The lowest BCUT2D eigenvalue weighted by molar-refractivity contribution is -0.137. The summed E-state index contributed by atoms with van der Waals surface area (Å²) in [6.07, 6.45) is -4.44. The molecule has 0 aliphatic carbocycles. The molecule has 2 amide bonds. The molecule has 0 saturated carbocycles. The number of carbonyl (C=O) groups excluding carboxylic acids is 1. The van der Waals surface area contributed by atoms with E-state index in [4.69, 9.17) is 0 Å². The number of nitrogens with one attached hydrogen (secondary N) is 1. The highest BCUT2D eigenvalue weighted by atomic mass is 32.2. The lowest BCUT2D eigenvalue weighted by atomic mass is 10.1. The number of piperazine rings is 1. The van der Waals surface area contributed by atoms with Crippen molar-refractivity contribution < 1.29 is 26.4 Å². The number of amides is 2. The second-order valence-electron chi connectivity index (χ2n) is 6.74. The quantitative estimate of drug-likeness (QED) is 0.730. The molecule has 1 heterocycles. The third-order valence-electron chi connectivity index (χ3n) is 4.66. The SMILES string of the molecule is O=C(NCC#Cc1cccc(C(F)(F)F)c1)N1CCN(S(=O)(=O)c2ccccc2)CC1. The van der Waals surface area contributed by atoms with Crippen molar-refractivity contribution in [3.05, 3.63) is 65.7 Å². The fraction of sp³-hybridized carbons (Fsp3) is 0.286. The Hall–Kier alpha value is -3.03. The van der Waals surface area contributed by atoms with E-state index in [0.29, 0.717) is 0 Å². The number of sulfonamides is 1. The van der Waals surface area contributed by atoms with Crippen LogP contribution in [0.5, 0.6) is 0 Å². The smallest absolute Gasteiger partial charge is 0.327 e. The normalized spacial score (nSPS) is 15.1. The number of urea groups is 1. The summed E-state index contributed by atoms with van der Waals surface area (Å²) in [6.45, 7) is 0.733. The number of hydrogen-bond donors (Lipinski definition) is 1. The van der Waals surface area contributed by atoms with Gasteiger partial charge in [0.1, 0.15) is 0 Å². The molecule has 164 valence electrons. The Balaban J connectivity index is 1.50. The zero-order chi connectivity index (χ0) is 22.5. The van der Waals surface area contributed by atoms with E-state index >= 15 is 0 Å². The predicted octanol–water partition coefficient (Wildman–Crippen LogP) is 2.77. The number of rotatable bonds is 3. The number of alkyl halides is 3. The van der Waals surface area contributed by atoms with Gasteiger partial charge in [0.25, 0.3) is 0 Å². The van der Waals surface area contributed by atoms with E-state index in [2.05, 4.69) is 17.2 Å². The summed E-state index contributed by atoms with van der Waals surface area (Å²) in [4.78, 5) is 13.9. The molecule has 2 aromatic carbocycles. The molecule has 1 aliphatic heterocycles. The number of hydrogen-bond acceptors (Lipinski definition) is 3. The molecule has 2 aromatic rings. The summed E-state index contributed by atoms with van der Waals surface area (Å²) in [5, 5.41) is 2.58. The maximum atomic E-state index is 12.7. The fourth-order valence-electron chi connectivity index (χ4n) is 3.02. The molecule has 0 radical (unpaired) electrons. The molecule has 1 aliphatic rings. The van der Waals surface area contributed by atoms with Crippen LogP contribution in [0.4, 0.5) is 18.0 Å². The van der Waals surface area contributed by atoms with Gasteiger partial charge in [-0.05, 0) is 30.3 Å². The molecule has 1 fully saturated rings. The van der Waals surface area contributed by atoms with Gasteiger partial charge >= 0.3 is 12.2 Å². The minimum atomic E-state index is -4.44. The lowest BCUT2D eigenvalue weighted by Crippen LogP contribution is -2.53. The van der Waals surface area contributed by atoms with Crippen LogP contribution < -0.4 is 5.32 Å². The van der Waals surface area contributed by atoms with E-state index in [-0.39, 0.29) is 43.2 Å². The van der Waals surface area contributed by atoms with Gasteiger partial charge in [-0.15, -0.1) is 0 Å². The van der Waals surface area contributed by atoms with Crippen molar-refractivity contribution in [1.29, 1.82) is 0 Å². The van der Waals surface area contributed by atoms with Crippen molar-refractivity contribution in [2.75, 3.05) is 32.7 Å². The number of benzene rings is 2. The van der Waals surface area contributed by atoms with Gasteiger partial charge < -0.3 is 10.2 Å². The van der Waals surface area contributed by atoms with Crippen LogP contribution in [0.15, 0.2) is 59.5 Å². The Morgan fingerprint density at radius 2 is 1.68 bits per heavy atom. The third kappa shape index (κ3) is 5.77. The first kappa shape index (κ1) is 22.7. The zero-order valence-electron chi connectivity index (χ0n) is 16.4. The number of nitrogens with zero attached hydrogens (tertiary/aromatic N) is 2. The molecular weight excluding hydrogens is 431 g/mol. The highest BCUT2D eigenvalue weighted by Gasteiger charge is 2.31. The molecule has 0 spiro atoms. The summed E-state index contributed by atoms with van der Waals surface area (Å²) in [6, 6.07) is 12.3. The lowest BCUT2D eigenvalue weighted by Gasteiger charge is -2.33. The number of carbonyl (C=O) groups is 1. The van der Waals surface area contributed by atoms with E-state index in [0.717, 1.165) is 12.1 Å². The van der Waals surface area contributed by atoms with E-state index in [1.165, 1.54) is 33.5 Å². The average Bonchev–Trinajstić information content (AvgIpc) is 2.77. The minimum absolute atomic E-state index is 0.0440. The molecule has 0 unspecified atom stereocenters. The van der Waals surface area contributed by atoms with Crippen LogP contribution in [-0.2, 0) is 16.2 Å². The second kappa shape index (κ2) is 9.41. The first-order chi connectivity index (χ1) is 14.7. The highest BCUT2D eigenvalue weighted by Crippen LogP contribution is 2.29. The molecule has 0 aromatic heterocycles. The monoisotopic (exact) mass is 451 g/mol. The Bertz CT molecular complexity index is 1090. The van der Waals surface area contributed by atoms with Gasteiger partial charge in [-0.1, -0.05) is 36.1 Å². The van der Waals surface area contributed by atoms with E-state index in [9.17, 15) is 26.4 Å².